The fourth-order valence-corrected chi connectivity index (χ4v) is 2.21. The number of hydrogen-bond acceptors (Lipinski definition) is 3. The number of fused-ring (bicyclic) bond motifs is 1. The number of ether oxygens (including phenoxy) is 1. The van der Waals surface area contributed by atoms with E-state index in [0.29, 0.717) is 0 Å². The Hall–Kier alpha value is -1.87. The summed E-state index contributed by atoms with van der Waals surface area (Å²) in [7, 11) is 3.17. The first-order valence-corrected chi connectivity index (χ1v) is 5.89. The summed E-state index contributed by atoms with van der Waals surface area (Å²) in [6, 6.07) is 14.0. The molecule has 94 valence electrons. The van der Waals surface area contributed by atoms with Gasteiger partial charge in [-0.25, -0.2) is 4.79 Å². The number of methoxy groups -OCH3 is 1. The minimum atomic E-state index is -0.838. The van der Waals surface area contributed by atoms with E-state index in [1.807, 2.05) is 49.4 Å². The van der Waals surface area contributed by atoms with Crippen molar-refractivity contribution >= 4 is 16.7 Å². The van der Waals surface area contributed by atoms with Gasteiger partial charge in [0.05, 0.1) is 7.11 Å². The van der Waals surface area contributed by atoms with Crippen LogP contribution in [0.1, 0.15) is 12.5 Å². The van der Waals surface area contributed by atoms with Crippen LogP contribution in [-0.4, -0.2) is 20.1 Å². The lowest BCUT2D eigenvalue weighted by Gasteiger charge is -2.27. The van der Waals surface area contributed by atoms with Gasteiger partial charge < -0.3 is 10.1 Å². The maximum absolute atomic E-state index is 12.0. The van der Waals surface area contributed by atoms with E-state index in [-0.39, 0.29) is 5.97 Å². The highest BCUT2D eigenvalue weighted by Crippen LogP contribution is 2.29. The molecular formula is C15H17NO2. The molecule has 1 atom stereocenters. The summed E-state index contributed by atoms with van der Waals surface area (Å²) in [5, 5.41) is 5.23. The summed E-state index contributed by atoms with van der Waals surface area (Å²) in [4.78, 5) is 12.0. The lowest BCUT2D eigenvalue weighted by atomic mass is 9.88. The van der Waals surface area contributed by atoms with Crippen molar-refractivity contribution in [2.45, 2.75) is 12.5 Å². The third kappa shape index (κ3) is 1.87. The maximum Gasteiger partial charge on any atom is 0.330 e. The lowest BCUT2D eigenvalue weighted by molar-refractivity contribution is -0.148. The standard InChI is InChI=1S/C15H17NO2/c1-15(16-2,14(17)18-3)13-10-6-8-11-7-4-5-9-12(11)13/h4-10,16H,1-3H3. The van der Waals surface area contributed by atoms with E-state index in [0.717, 1.165) is 16.3 Å². The molecule has 3 nitrogen and oxygen atoms in total. The fourth-order valence-electron chi connectivity index (χ4n) is 2.21. The summed E-state index contributed by atoms with van der Waals surface area (Å²) >= 11 is 0. The second-order valence-corrected chi connectivity index (χ2v) is 4.39. The molecule has 0 aliphatic heterocycles. The summed E-state index contributed by atoms with van der Waals surface area (Å²) < 4.78 is 4.91. The van der Waals surface area contributed by atoms with Crippen LogP contribution in [0.15, 0.2) is 42.5 Å². The SMILES string of the molecule is CNC(C)(C(=O)OC)c1cccc2ccccc12. The van der Waals surface area contributed by atoms with Crippen molar-refractivity contribution < 1.29 is 9.53 Å². The number of hydrogen-bond donors (Lipinski definition) is 1. The van der Waals surface area contributed by atoms with Crippen molar-refractivity contribution in [2.75, 3.05) is 14.2 Å². The molecule has 1 unspecified atom stereocenters. The third-order valence-electron chi connectivity index (χ3n) is 3.42. The molecule has 0 amide bonds. The van der Waals surface area contributed by atoms with Crippen LogP contribution in [0.4, 0.5) is 0 Å². The van der Waals surface area contributed by atoms with E-state index in [9.17, 15) is 4.79 Å². The number of esters is 1. The van der Waals surface area contributed by atoms with E-state index in [1.165, 1.54) is 7.11 Å². The molecule has 3 heteroatoms. The van der Waals surface area contributed by atoms with E-state index in [4.69, 9.17) is 4.74 Å². The van der Waals surface area contributed by atoms with E-state index in [2.05, 4.69) is 5.32 Å². The zero-order valence-corrected chi connectivity index (χ0v) is 10.9. The number of carbonyl (C=O) groups excluding carboxylic acids is 1. The molecule has 0 heterocycles. The monoisotopic (exact) mass is 243 g/mol. The van der Waals surface area contributed by atoms with Crippen LogP contribution < -0.4 is 5.32 Å². The predicted octanol–water partition coefficient (Wildman–Crippen LogP) is 2.45. The molecule has 1 N–H and O–H groups in total. The zero-order chi connectivity index (χ0) is 13.2. The van der Waals surface area contributed by atoms with Crippen LogP contribution in [0.2, 0.25) is 0 Å². The van der Waals surface area contributed by atoms with Crippen molar-refractivity contribution in [3.63, 3.8) is 0 Å². The average Bonchev–Trinajstić information content (AvgIpc) is 2.45. The Kier molecular flexibility index (Phi) is 3.34. The first-order valence-electron chi connectivity index (χ1n) is 5.89. The predicted molar refractivity (Wildman–Crippen MR) is 72.4 cm³/mol. The molecule has 2 rings (SSSR count). The van der Waals surface area contributed by atoms with Gasteiger partial charge in [0, 0.05) is 0 Å². The van der Waals surface area contributed by atoms with Gasteiger partial charge in [0.15, 0.2) is 0 Å². The second-order valence-electron chi connectivity index (χ2n) is 4.39. The average molecular weight is 243 g/mol. The quantitative estimate of drug-likeness (QED) is 0.841. The third-order valence-corrected chi connectivity index (χ3v) is 3.42. The van der Waals surface area contributed by atoms with Crippen LogP contribution in [0.5, 0.6) is 0 Å². The van der Waals surface area contributed by atoms with Crippen molar-refractivity contribution in [3.8, 4) is 0 Å². The molecule has 0 fully saturated rings. The first-order chi connectivity index (χ1) is 8.63. The zero-order valence-electron chi connectivity index (χ0n) is 10.9. The van der Waals surface area contributed by atoms with Gasteiger partial charge in [-0.15, -0.1) is 0 Å². The van der Waals surface area contributed by atoms with Crippen LogP contribution >= 0.6 is 0 Å². The molecule has 2 aromatic rings. The molecule has 0 radical (unpaired) electrons. The Morgan fingerprint density at radius 2 is 1.83 bits per heavy atom. The Labute approximate surface area is 107 Å². The van der Waals surface area contributed by atoms with Gasteiger partial charge in [-0.2, -0.15) is 0 Å². The van der Waals surface area contributed by atoms with Crippen molar-refractivity contribution in [1.82, 2.24) is 5.32 Å². The fraction of sp³-hybridized carbons (Fsp3) is 0.267. The molecule has 18 heavy (non-hydrogen) atoms. The van der Waals surface area contributed by atoms with Gasteiger partial charge in [0.2, 0.25) is 0 Å². The van der Waals surface area contributed by atoms with Gasteiger partial charge in [-0.05, 0) is 30.3 Å². The van der Waals surface area contributed by atoms with Gasteiger partial charge in [-0.3, -0.25) is 0 Å². The number of likely N-dealkylation sites (N-methyl/N-ethyl adjacent to an activating group) is 1. The number of rotatable bonds is 3. The molecule has 0 bridgehead atoms. The number of benzene rings is 2. The van der Waals surface area contributed by atoms with Crippen LogP contribution in [0.25, 0.3) is 10.8 Å². The molecule has 0 aromatic heterocycles. The molecule has 2 aromatic carbocycles. The lowest BCUT2D eigenvalue weighted by Crippen LogP contribution is -2.45. The Balaban J connectivity index is 2.69. The van der Waals surface area contributed by atoms with Crippen molar-refractivity contribution in [3.05, 3.63) is 48.0 Å². The summed E-state index contributed by atoms with van der Waals surface area (Å²) in [5.41, 5.74) is 0.0882. The molecule has 0 saturated heterocycles. The highest BCUT2D eigenvalue weighted by atomic mass is 16.5. The van der Waals surface area contributed by atoms with Crippen molar-refractivity contribution in [1.29, 1.82) is 0 Å². The van der Waals surface area contributed by atoms with Gasteiger partial charge in [-0.1, -0.05) is 42.5 Å². The van der Waals surface area contributed by atoms with E-state index >= 15 is 0 Å². The molecule has 0 spiro atoms. The highest BCUT2D eigenvalue weighted by Gasteiger charge is 2.35. The van der Waals surface area contributed by atoms with Crippen LogP contribution in [0.3, 0.4) is 0 Å². The summed E-state index contributed by atoms with van der Waals surface area (Å²) in [5.74, 6) is -0.290. The van der Waals surface area contributed by atoms with Crippen molar-refractivity contribution in [2.24, 2.45) is 0 Å². The van der Waals surface area contributed by atoms with Gasteiger partial charge in [0.1, 0.15) is 5.54 Å². The molecule has 0 aliphatic carbocycles. The minimum Gasteiger partial charge on any atom is -0.467 e. The van der Waals surface area contributed by atoms with Crippen LogP contribution in [0, 0.1) is 0 Å². The van der Waals surface area contributed by atoms with Gasteiger partial charge >= 0.3 is 5.97 Å². The summed E-state index contributed by atoms with van der Waals surface area (Å²) in [6.45, 7) is 1.83. The summed E-state index contributed by atoms with van der Waals surface area (Å²) in [6.07, 6.45) is 0. The topological polar surface area (TPSA) is 38.3 Å². The van der Waals surface area contributed by atoms with E-state index < -0.39 is 5.54 Å². The smallest absolute Gasteiger partial charge is 0.330 e. The first kappa shape index (κ1) is 12.6. The normalized spacial score (nSPS) is 14.2. The Morgan fingerprint density at radius 3 is 2.50 bits per heavy atom. The van der Waals surface area contributed by atoms with Crippen LogP contribution in [-0.2, 0) is 15.1 Å². The Bertz CT molecular complexity index is 574. The number of nitrogens with one attached hydrogen (secondary N) is 1. The molecule has 0 saturated carbocycles. The highest BCUT2D eigenvalue weighted by molar-refractivity contribution is 5.93. The van der Waals surface area contributed by atoms with Gasteiger partial charge in [0.25, 0.3) is 0 Å². The van der Waals surface area contributed by atoms with E-state index in [1.54, 1.807) is 7.05 Å². The minimum absolute atomic E-state index is 0.290. The second kappa shape index (κ2) is 4.78. The molecule has 0 aliphatic rings. The Morgan fingerprint density at radius 1 is 1.17 bits per heavy atom. The largest absolute Gasteiger partial charge is 0.467 e. The number of carbonyl (C=O) groups is 1. The molecular weight excluding hydrogens is 226 g/mol. The maximum atomic E-state index is 12.0.